The summed E-state index contributed by atoms with van der Waals surface area (Å²) in [5.74, 6) is 0.735. The number of hydrogen-bond acceptors (Lipinski definition) is 3. The lowest BCUT2D eigenvalue weighted by molar-refractivity contribution is 0.0889. The van der Waals surface area contributed by atoms with Crippen LogP contribution in [0.25, 0.3) is 0 Å². The number of ether oxygens (including phenoxy) is 2. The summed E-state index contributed by atoms with van der Waals surface area (Å²) in [6, 6.07) is 16.6. The van der Waals surface area contributed by atoms with E-state index in [9.17, 15) is 0 Å². The highest BCUT2D eigenvalue weighted by atomic mass is 35.5. The molecule has 2 aromatic carbocycles. The molecule has 0 heterocycles. The van der Waals surface area contributed by atoms with Crippen molar-refractivity contribution in [3.8, 4) is 11.8 Å². The molecule has 0 unspecified atom stereocenters. The zero-order valence-corrected chi connectivity index (χ0v) is 11.6. The highest BCUT2D eigenvalue weighted by molar-refractivity contribution is 6.30. The van der Waals surface area contributed by atoms with Crippen LogP contribution in [0.15, 0.2) is 48.5 Å². The Balaban J connectivity index is 1.66. The van der Waals surface area contributed by atoms with Crippen molar-refractivity contribution in [2.24, 2.45) is 0 Å². The first-order valence-electron chi connectivity index (χ1n) is 6.23. The summed E-state index contributed by atoms with van der Waals surface area (Å²) >= 11 is 5.80. The Bertz CT molecular complexity index is 573. The van der Waals surface area contributed by atoms with Crippen molar-refractivity contribution < 1.29 is 9.47 Å². The van der Waals surface area contributed by atoms with Gasteiger partial charge in [0.05, 0.1) is 24.8 Å². The molecule has 0 atom stereocenters. The van der Waals surface area contributed by atoms with E-state index in [1.54, 1.807) is 24.3 Å². The van der Waals surface area contributed by atoms with Gasteiger partial charge in [0.2, 0.25) is 0 Å². The Morgan fingerprint density at radius 1 is 0.950 bits per heavy atom. The topological polar surface area (TPSA) is 42.2 Å². The molecule has 0 bridgehead atoms. The molecule has 0 aliphatic carbocycles. The van der Waals surface area contributed by atoms with Gasteiger partial charge < -0.3 is 9.47 Å². The lowest BCUT2D eigenvalue weighted by Gasteiger charge is -2.07. The molecule has 0 saturated carbocycles. The van der Waals surface area contributed by atoms with Crippen molar-refractivity contribution in [1.82, 2.24) is 0 Å². The first-order valence-corrected chi connectivity index (χ1v) is 6.61. The molecular formula is C16H14ClNO2. The molecule has 0 radical (unpaired) electrons. The molecule has 0 aliphatic rings. The van der Waals surface area contributed by atoms with Crippen molar-refractivity contribution in [2.75, 3.05) is 13.2 Å². The number of nitrogens with zero attached hydrogens (tertiary/aromatic N) is 1. The summed E-state index contributed by atoms with van der Waals surface area (Å²) in [6.45, 7) is 1.51. The summed E-state index contributed by atoms with van der Waals surface area (Å²) in [7, 11) is 0. The molecule has 20 heavy (non-hydrogen) atoms. The number of halogens is 1. The van der Waals surface area contributed by atoms with E-state index >= 15 is 0 Å². The van der Waals surface area contributed by atoms with Crippen LogP contribution in [-0.4, -0.2) is 13.2 Å². The van der Waals surface area contributed by atoms with Crippen LogP contribution in [0.5, 0.6) is 5.75 Å². The third kappa shape index (κ3) is 4.58. The van der Waals surface area contributed by atoms with Crippen molar-refractivity contribution >= 4 is 11.6 Å². The monoisotopic (exact) mass is 287 g/mol. The van der Waals surface area contributed by atoms with E-state index in [0.717, 1.165) is 16.3 Å². The molecule has 0 fully saturated rings. The van der Waals surface area contributed by atoms with Crippen LogP contribution in [0, 0.1) is 11.3 Å². The average molecular weight is 288 g/mol. The second-order valence-corrected chi connectivity index (χ2v) is 4.60. The number of nitriles is 1. The van der Waals surface area contributed by atoms with Crippen LogP contribution >= 0.6 is 11.6 Å². The maximum absolute atomic E-state index is 8.68. The van der Waals surface area contributed by atoms with E-state index in [0.29, 0.717) is 25.4 Å². The van der Waals surface area contributed by atoms with E-state index in [1.807, 2.05) is 24.3 Å². The summed E-state index contributed by atoms with van der Waals surface area (Å²) < 4.78 is 11.0. The SMILES string of the molecule is N#Cc1ccc(OCCOCc2ccc(Cl)cc2)cc1. The second-order valence-electron chi connectivity index (χ2n) is 4.16. The first kappa shape index (κ1) is 14.4. The van der Waals surface area contributed by atoms with Gasteiger partial charge in [0.15, 0.2) is 0 Å². The molecule has 0 aliphatic heterocycles. The van der Waals surface area contributed by atoms with Gasteiger partial charge in [-0.1, -0.05) is 23.7 Å². The standard InChI is InChI=1S/C16H14ClNO2/c17-15-5-1-14(2-6-15)12-19-9-10-20-16-7-3-13(11-18)4-8-16/h1-8H,9-10,12H2. The van der Waals surface area contributed by atoms with Crippen LogP contribution in [-0.2, 0) is 11.3 Å². The summed E-state index contributed by atoms with van der Waals surface area (Å²) in [4.78, 5) is 0. The van der Waals surface area contributed by atoms with E-state index in [4.69, 9.17) is 26.3 Å². The lowest BCUT2D eigenvalue weighted by atomic mass is 10.2. The van der Waals surface area contributed by atoms with Gasteiger partial charge in [0.1, 0.15) is 12.4 Å². The smallest absolute Gasteiger partial charge is 0.119 e. The van der Waals surface area contributed by atoms with Crippen LogP contribution in [0.3, 0.4) is 0 Å². The molecule has 0 spiro atoms. The molecule has 2 rings (SSSR count). The zero-order valence-electron chi connectivity index (χ0n) is 10.9. The Morgan fingerprint density at radius 2 is 1.65 bits per heavy atom. The fourth-order valence-corrected chi connectivity index (χ4v) is 1.74. The lowest BCUT2D eigenvalue weighted by Crippen LogP contribution is -2.06. The van der Waals surface area contributed by atoms with Gasteiger partial charge in [-0.2, -0.15) is 5.26 Å². The van der Waals surface area contributed by atoms with Gasteiger partial charge >= 0.3 is 0 Å². The van der Waals surface area contributed by atoms with Gasteiger partial charge in [-0.25, -0.2) is 0 Å². The zero-order chi connectivity index (χ0) is 14.2. The molecule has 0 N–H and O–H groups in total. The summed E-state index contributed by atoms with van der Waals surface area (Å²) in [5, 5.41) is 9.40. The molecule has 3 nitrogen and oxygen atoms in total. The maximum atomic E-state index is 8.68. The molecular weight excluding hydrogens is 274 g/mol. The summed E-state index contributed by atoms with van der Waals surface area (Å²) in [5.41, 5.74) is 1.70. The predicted molar refractivity (Wildman–Crippen MR) is 77.8 cm³/mol. The molecule has 2 aromatic rings. The van der Waals surface area contributed by atoms with E-state index in [1.165, 1.54) is 0 Å². The fourth-order valence-electron chi connectivity index (χ4n) is 1.61. The van der Waals surface area contributed by atoms with Crippen molar-refractivity contribution in [2.45, 2.75) is 6.61 Å². The molecule has 0 aromatic heterocycles. The van der Waals surface area contributed by atoms with Crippen LogP contribution in [0.4, 0.5) is 0 Å². The number of benzene rings is 2. The van der Waals surface area contributed by atoms with Gasteiger partial charge in [0.25, 0.3) is 0 Å². The predicted octanol–water partition coefficient (Wildman–Crippen LogP) is 3.81. The van der Waals surface area contributed by atoms with Gasteiger partial charge in [-0.3, -0.25) is 0 Å². The highest BCUT2D eigenvalue weighted by Crippen LogP contribution is 2.12. The van der Waals surface area contributed by atoms with Crippen LogP contribution < -0.4 is 4.74 Å². The highest BCUT2D eigenvalue weighted by Gasteiger charge is 1.96. The Morgan fingerprint density at radius 3 is 2.30 bits per heavy atom. The maximum Gasteiger partial charge on any atom is 0.119 e. The normalized spacial score (nSPS) is 10.0. The first-order chi connectivity index (χ1) is 9.78. The van der Waals surface area contributed by atoms with E-state index in [2.05, 4.69) is 6.07 Å². The number of hydrogen-bond donors (Lipinski definition) is 0. The Kier molecular flexibility index (Phi) is 5.43. The van der Waals surface area contributed by atoms with Crippen LogP contribution in [0.1, 0.15) is 11.1 Å². The molecule has 102 valence electrons. The van der Waals surface area contributed by atoms with Gasteiger partial charge in [0, 0.05) is 5.02 Å². The average Bonchev–Trinajstić information content (AvgIpc) is 2.49. The quantitative estimate of drug-likeness (QED) is 0.759. The third-order valence-electron chi connectivity index (χ3n) is 2.66. The minimum atomic E-state index is 0.472. The van der Waals surface area contributed by atoms with Crippen molar-refractivity contribution in [3.05, 3.63) is 64.7 Å². The minimum Gasteiger partial charge on any atom is -0.491 e. The van der Waals surface area contributed by atoms with Gasteiger partial charge in [-0.15, -0.1) is 0 Å². The minimum absolute atomic E-state index is 0.472. The Labute approximate surface area is 123 Å². The second kappa shape index (κ2) is 7.54. The van der Waals surface area contributed by atoms with E-state index in [-0.39, 0.29) is 0 Å². The van der Waals surface area contributed by atoms with E-state index < -0.39 is 0 Å². The third-order valence-corrected chi connectivity index (χ3v) is 2.91. The van der Waals surface area contributed by atoms with Crippen molar-refractivity contribution in [1.29, 1.82) is 5.26 Å². The molecule has 0 amide bonds. The largest absolute Gasteiger partial charge is 0.491 e. The number of rotatable bonds is 6. The molecule has 0 saturated heterocycles. The molecule has 4 heteroatoms. The Hall–Kier alpha value is -2.02. The van der Waals surface area contributed by atoms with Crippen molar-refractivity contribution in [3.63, 3.8) is 0 Å². The van der Waals surface area contributed by atoms with Gasteiger partial charge in [-0.05, 0) is 42.0 Å². The summed E-state index contributed by atoms with van der Waals surface area (Å²) in [6.07, 6.45) is 0. The fraction of sp³-hybridized carbons (Fsp3) is 0.188. The van der Waals surface area contributed by atoms with Crippen LogP contribution in [0.2, 0.25) is 5.02 Å².